The van der Waals surface area contributed by atoms with Crippen LogP contribution in [0.1, 0.15) is 32.8 Å². The van der Waals surface area contributed by atoms with Gasteiger partial charge in [-0.1, -0.05) is 12.1 Å². The van der Waals surface area contributed by atoms with Gasteiger partial charge < -0.3 is 19.5 Å². The van der Waals surface area contributed by atoms with Crippen LogP contribution in [0.3, 0.4) is 0 Å². The zero-order valence-corrected chi connectivity index (χ0v) is 18.4. The Morgan fingerprint density at radius 1 is 1.10 bits per heavy atom. The number of nitrogens with one attached hydrogen (secondary N) is 1. The Hall–Kier alpha value is -3.40. The second-order valence-electron chi connectivity index (χ2n) is 6.64. The lowest BCUT2D eigenvalue weighted by atomic mass is 10.2. The van der Waals surface area contributed by atoms with Crippen molar-refractivity contribution in [2.45, 2.75) is 13.0 Å². The summed E-state index contributed by atoms with van der Waals surface area (Å²) in [7, 11) is 4.46. The van der Waals surface area contributed by atoms with Crippen molar-refractivity contribution in [3.63, 3.8) is 0 Å². The number of ether oxygens (including phenoxy) is 3. The van der Waals surface area contributed by atoms with E-state index >= 15 is 0 Å². The number of amides is 1. The molecular formula is C21H24N4O5S. The van der Waals surface area contributed by atoms with Crippen molar-refractivity contribution >= 4 is 29.2 Å². The molecule has 0 saturated carbocycles. The monoisotopic (exact) mass is 444 g/mol. The number of rotatable bonds is 6. The number of hydrogen-bond acceptors (Lipinski definition) is 7. The Balaban J connectivity index is 1.68. The van der Waals surface area contributed by atoms with E-state index in [-0.39, 0.29) is 17.2 Å². The molecule has 2 aromatic rings. The van der Waals surface area contributed by atoms with E-state index in [1.165, 1.54) is 25.4 Å². The number of hydrogen-bond donors (Lipinski definition) is 1. The first-order valence-electron chi connectivity index (χ1n) is 9.61. The predicted octanol–water partition coefficient (Wildman–Crippen LogP) is 2.02. The molecule has 1 fully saturated rings. The first kappa shape index (κ1) is 22.3. The van der Waals surface area contributed by atoms with Gasteiger partial charge in [0.25, 0.3) is 5.91 Å². The number of thiocarbonyl (C=S) groups is 1. The maximum atomic E-state index is 13.0. The van der Waals surface area contributed by atoms with Crippen LogP contribution in [0, 0.1) is 0 Å². The number of nitrogens with zero attached hydrogens (tertiary/aromatic N) is 3. The summed E-state index contributed by atoms with van der Waals surface area (Å²) in [5.74, 6) is 0.460. The highest BCUT2D eigenvalue weighted by molar-refractivity contribution is 7.80. The lowest BCUT2D eigenvalue weighted by Crippen LogP contribution is -2.49. The number of hydrazine groups is 1. The molecule has 1 N–H and O–H groups in total. The van der Waals surface area contributed by atoms with Crippen molar-refractivity contribution in [3.05, 3.63) is 53.3 Å². The number of esters is 1. The molecule has 0 atom stereocenters. The lowest BCUT2D eigenvalue weighted by molar-refractivity contribution is 0.0483. The van der Waals surface area contributed by atoms with Crippen LogP contribution in [0.2, 0.25) is 0 Å². The van der Waals surface area contributed by atoms with Crippen LogP contribution in [0.5, 0.6) is 11.5 Å². The van der Waals surface area contributed by atoms with Crippen molar-refractivity contribution in [1.82, 2.24) is 20.3 Å². The molecule has 1 aliphatic heterocycles. The summed E-state index contributed by atoms with van der Waals surface area (Å²) >= 11 is 5.54. The van der Waals surface area contributed by atoms with E-state index in [2.05, 4.69) is 15.0 Å². The van der Waals surface area contributed by atoms with Crippen LogP contribution in [-0.2, 0) is 11.3 Å². The van der Waals surface area contributed by atoms with E-state index < -0.39 is 5.97 Å². The van der Waals surface area contributed by atoms with E-state index in [9.17, 15) is 9.59 Å². The molecule has 2 heterocycles. The summed E-state index contributed by atoms with van der Waals surface area (Å²) in [6.07, 6.45) is 2.10. The Morgan fingerprint density at radius 3 is 2.52 bits per heavy atom. The highest BCUT2D eigenvalue weighted by Crippen LogP contribution is 2.30. The maximum absolute atomic E-state index is 13.0. The first-order valence-corrected chi connectivity index (χ1v) is 10.0. The molecule has 1 aromatic heterocycles. The highest BCUT2D eigenvalue weighted by atomic mass is 32.1. The molecule has 0 bridgehead atoms. The quantitative estimate of drug-likeness (QED) is 0.530. The third kappa shape index (κ3) is 4.85. The van der Waals surface area contributed by atoms with Crippen molar-refractivity contribution in [2.75, 3.05) is 34.4 Å². The second-order valence-corrected chi connectivity index (χ2v) is 7.03. The van der Waals surface area contributed by atoms with Gasteiger partial charge >= 0.3 is 5.97 Å². The third-order valence-corrected chi connectivity index (χ3v) is 5.17. The number of carbonyl (C=O) groups excluding carboxylic acids is 2. The summed E-state index contributed by atoms with van der Waals surface area (Å²) in [5, 5.41) is 6.88. The SMILES string of the molecule is COC(=O)c1ccc(C(=O)N2CCCN2C(=S)NCc2cccc(OC)c2OC)nc1. The summed E-state index contributed by atoms with van der Waals surface area (Å²) in [6, 6.07) is 8.62. The molecule has 1 aromatic carbocycles. The Bertz CT molecular complexity index is 967. The van der Waals surface area contributed by atoms with Gasteiger partial charge in [0.15, 0.2) is 16.6 Å². The number of carbonyl (C=O) groups is 2. The number of pyridine rings is 1. The van der Waals surface area contributed by atoms with Crippen LogP contribution in [0.15, 0.2) is 36.5 Å². The fraction of sp³-hybridized carbons (Fsp3) is 0.333. The van der Waals surface area contributed by atoms with Gasteiger partial charge in [-0.3, -0.25) is 14.8 Å². The Kier molecular flexibility index (Phi) is 7.24. The number of methoxy groups -OCH3 is 3. The second kappa shape index (κ2) is 10.1. The summed E-state index contributed by atoms with van der Waals surface area (Å²) in [5.41, 5.74) is 1.37. The van der Waals surface area contributed by atoms with Gasteiger partial charge in [0.2, 0.25) is 0 Å². The molecule has 0 aliphatic carbocycles. The van der Waals surface area contributed by atoms with Gasteiger partial charge in [0, 0.05) is 31.4 Å². The molecule has 10 heteroatoms. The molecule has 0 radical (unpaired) electrons. The van der Waals surface area contributed by atoms with Crippen molar-refractivity contribution in [3.8, 4) is 11.5 Å². The van der Waals surface area contributed by atoms with E-state index in [1.807, 2.05) is 18.2 Å². The number of para-hydroxylation sites is 1. The minimum Gasteiger partial charge on any atom is -0.493 e. The molecular weight excluding hydrogens is 420 g/mol. The number of benzene rings is 1. The van der Waals surface area contributed by atoms with Crippen LogP contribution in [0.25, 0.3) is 0 Å². The Morgan fingerprint density at radius 2 is 1.87 bits per heavy atom. The maximum Gasteiger partial charge on any atom is 0.339 e. The smallest absolute Gasteiger partial charge is 0.339 e. The molecule has 1 amide bonds. The van der Waals surface area contributed by atoms with Crippen molar-refractivity contribution < 1.29 is 23.8 Å². The zero-order chi connectivity index (χ0) is 22.4. The van der Waals surface area contributed by atoms with E-state index in [1.54, 1.807) is 24.2 Å². The lowest BCUT2D eigenvalue weighted by Gasteiger charge is -2.30. The van der Waals surface area contributed by atoms with Gasteiger partial charge in [0.1, 0.15) is 5.69 Å². The molecule has 0 unspecified atom stereocenters. The standard InChI is InChI=1S/C21H24N4O5S/c1-28-17-7-4-6-14(18(17)29-2)12-23-21(31)25-11-5-10-24(25)19(26)16-9-8-15(13-22-16)20(27)30-3/h4,6-9,13H,5,10-12H2,1-3H3,(H,23,31). The Labute approximate surface area is 185 Å². The molecule has 1 saturated heterocycles. The fourth-order valence-corrected chi connectivity index (χ4v) is 3.54. The van der Waals surface area contributed by atoms with Gasteiger partial charge in [0.05, 0.1) is 26.9 Å². The highest BCUT2D eigenvalue weighted by Gasteiger charge is 2.30. The summed E-state index contributed by atoms with van der Waals surface area (Å²) < 4.78 is 15.4. The third-order valence-electron chi connectivity index (χ3n) is 4.82. The summed E-state index contributed by atoms with van der Waals surface area (Å²) in [4.78, 5) is 28.6. The molecule has 9 nitrogen and oxygen atoms in total. The molecule has 1 aliphatic rings. The molecule has 164 valence electrons. The van der Waals surface area contributed by atoms with Gasteiger partial charge in [-0.05, 0) is 36.8 Å². The van der Waals surface area contributed by atoms with Gasteiger partial charge in [-0.15, -0.1) is 0 Å². The molecule has 31 heavy (non-hydrogen) atoms. The van der Waals surface area contributed by atoms with Crippen molar-refractivity contribution in [1.29, 1.82) is 0 Å². The van der Waals surface area contributed by atoms with Crippen molar-refractivity contribution in [2.24, 2.45) is 0 Å². The average molecular weight is 445 g/mol. The van der Waals surface area contributed by atoms with Gasteiger partial charge in [-0.25, -0.2) is 9.80 Å². The first-order chi connectivity index (χ1) is 15.0. The number of aromatic nitrogens is 1. The minimum atomic E-state index is -0.507. The fourth-order valence-electron chi connectivity index (χ4n) is 3.28. The van der Waals surface area contributed by atoms with E-state index in [0.717, 1.165) is 12.0 Å². The molecule has 3 rings (SSSR count). The summed E-state index contributed by atoms with van der Waals surface area (Å²) in [6.45, 7) is 1.53. The van der Waals surface area contributed by atoms with Crippen LogP contribution >= 0.6 is 12.2 Å². The van der Waals surface area contributed by atoms with Gasteiger partial charge in [-0.2, -0.15) is 0 Å². The van der Waals surface area contributed by atoms with Crippen LogP contribution in [0.4, 0.5) is 0 Å². The topological polar surface area (TPSA) is 93.2 Å². The largest absolute Gasteiger partial charge is 0.493 e. The normalized spacial score (nSPS) is 13.0. The molecule has 0 spiro atoms. The van der Waals surface area contributed by atoms with E-state index in [4.69, 9.17) is 21.7 Å². The average Bonchev–Trinajstić information content (AvgIpc) is 3.31. The zero-order valence-electron chi connectivity index (χ0n) is 17.6. The predicted molar refractivity (Wildman–Crippen MR) is 117 cm³/mol. The minimum absolute atomic E-state index is 0.219. The van der Waals surface area contributed by atoms with E-state index in [0.29, 0.717) is 36.2 Å². The van der Waals surface area contributed by atoms with Crippen LogP contribution in [-0.4, -0.2) is 66.4 Å². The van der Waals surface area contributed by atoms with Crippen LogP contribution < -0.4 is 14.8 Å².